The van der Waals surface area contributed by atoms with Crippen molar-refractivity contribution in [3.05, 3.63) is 0 Å². The van der Waals surface area contributed by atoms with E-state index in [9.17, 15) is 0 Å². The van der Waals surface area contributed by atoms with Crippen molar-refractivity contribution in [1.82, 2.24) is 0 Å². The molecule has 7 unspecified atom stereocenters. The minimum absolute atomic E-state index is 1.02. The molecule has 0 aromatic carbocycles. The Balaban J connectivity index is 1.53. The average Bonchev–Trinajstić information content (AvgIpc) is 3.22. The molecule has 0 aliphatic heterocycles. The molecule has 0 bridgehead atoms. The maximum absolute atomic E-state index is 2.87. The molecule has 24 heavy (non-hydrogen) atoms. The molecular weight excluding hydrogens is 320 g/mol. The number of rotatable bonds is 3. The standard InChI is InChI=1S/C22H42Si2/c1-16-9-11-20(13-16)23(2,3)24(4,5)22-12-10-19-14-17-7-6-8-18(17)15-21(19)22/h16-22H,6-15H2,1-5H3. The van der Waals surface area contributed by atoms with Crippen LogP contribution in [-0.2, 0) is 0 Å². The zero-order valence-corrected chi connectivity index (χ0v) is 19.1. The Bertz CT molecular complexity index is 469. The van der Waals surface area contributed by atoms with Gasteiger partial charge in [0, 0.05) is 15.2 Å². The van der Waals surface area contributed by atoms with Crippen molar-refractivity contribution in [2.45, 2.75) is 108 Å². The molecule has 7 atom stereocenters. The maximum Gasteiger partial charge on any atom is 0.0448 e. The van der Waals surface area contributed by atoms with Crippen molar-refractivity contribution < 1.29 is 0 Å². The summed E-state index contributed by atoms with van der Waals surface area (Å²) in [5.74, 6) is 5.63. The lowest BCUT2D eigenvalue weighted by atomic mass is 9.71. The Kier molecular flexibility index (Phi) is 4.64. The first-order valence-electron chi connectivity index (χ1n) is 11.3. The highest BCUT2D eigenvalue weighted by Crippen LogP contribution is 2.61. The second kappa shape index (κ2) is 6.25. The summed E-state index contributed by atoms with van der Waals surface area (Å²) in [6, 6.07) is 0. The molecular formula is C22H42Si2. The lowest BCUT2D eigenvalue weighted by Gasteiger charge is -2.50. The summed E-state index contributed by atoms with van der Waals surface area (Å²) in [6.45, 7) is 13.9. The molecule has 0 spiro atoms. The average molecular weight is 363 g/mol. The van der Waals surface area contributed by atoms with Crippen LogP contribution in [0.5, 0.6) is 0 Å². The molecule has 4 rings (SSSR count). The molecule has 0 radical (unpaired) electrons. The van der Waals surface area contributed by atoms with Crippen LogP contribution in [0.1, 0.15) is 71.1 Å². The van der Waals surface area contributed by atoms with E-state index in [2.05, 4.69) is 33.1 Å². The van der Waals surface area contributed by atoms with Crippen LogP contribution in [0.4, 0.5) is 0 Å². The summed E-state index contributed by atoms with van der Waals surface area (Å²) in [5.41, 5.74) is 2.36. The van der Waals surface area contributed by atoms with E-state index in [1.807, 2.05) is 0 Å². The van der Waals surface area contributed by atoms with Crippen molar-refractivity contribution in [3.8, 4) is 0 Å². The van der Waals surface area contributed by atoms with Crippen molar-refractivity contribution in [3.63, 3.8) is 0 Å². The molecule has 0 N–H and O–H groups in total. The highest BCUT2D eigenvalue weighted by Gasteiger charge is 2.57. The normalized spacial score (nSPS) is 46.1. The van der Waals surface area contributed by atoms with E-state index in [1.165, 1.54) is 12.0 Å². The van der Waals surface area contributed by atoms with Crippen LogP contribution in [0.3, 0.4) is 0 Å². The van der Waals surface area contributed by atoms with Crippen LogP contribution in [0.25, 0.3) is 0 Å². The van der Waals surface area contributed by atoms with E-state index in [0.29, 0.717) is 0 Å². The topological polar surface area (TPSA) is 0 Å². The zero-order valence-electron chi connectivity index (χ0n) is 17.1. The second-order valence-corrected chi connectivity index (χ2v) is 27.8. The van der Waals surface area contributed by atoms with E-state index < -0.39 is 15.2 Å². The van der Waals surface area contributed by atoms with Gasteiger partial charge in [0.15, 0.2) is 0 Å². The molecule has 0 saturated heterocycles. The van der Waals surface area contributed by atoms with Crippen LogP contribution in [0.2, 0.25) is 37.3 Å². The summed E-state index contributed by atoms with van der Waals surface area (Å²) in [6.07, 6.45) is 16.0. The van der Waals surface area contributed by atoms with Gasteiger partial charge in [-0.15, -0.1) is 0 Å². The molecule has 2 heteroatoms. The highest BCUT2D eigenvalue weighted by atomic mass is 29.3. The van der Waals surface area contributed by atoms with Crippen LogP contribution < -0.4 is 0 Å². The molecule has 0 aromatic heterocycles. The number of hydrogen-bond acceptors (Lipinski definition) is 0. The van der Waals surface area contributed by atoms with Gasteiger partial charge in [-0.25, -0.2) is 0 Å². The third-order valence-corrected chi connectivity index (χ3v) is 31.0. The van der Waals surface area contributed by atoms with Crippen LogP contribution in [0.15, 0.2) is 0 Å². The van der Waals surface area contributed by atoms with Gasteiger partial charge in [-0.3, -0.25) is 0 Å². The Labute approximate surface area is 153 Å². The fraction of sp³-hybridized carbons (Fsp3) is 1.00. The first kappa shape index (κ1) is 17.8. The van der Waals surface area contributed by atoms with Gasteiger partial charge >= 0.3 is 0 Å². The van der Waals surface area contributed by atoms with E-state index in [4.69, 9.17) is 0 Å². The molecule has 4 fully saturated rings. The van der Waals surface area contributed by atoms with Gasteiger partial charge in [0.2, 0.25) is 0 Å². The van der Waals surface area contributed by atoms with Gasteiger partial charge in [0.25, 0.3) is 0 Å². The first-order valence-corrected chi connectivity index (χ1v) is 18.5. The lowest BCUT2D eigenvalue weighted by molar-refractivity contribution is 0.156. The van der Waals surface area contributed by atoms with Crippen LogP contribution in [-0.4, -0.2) is 15.2 Å². The van der Waals surface area contributed by atoms with Gasteiger partial charge in [-0.2, -0.15) is 0 Å². The van der Waals surface area contributed by atoms with Crippen molar-refractivity contribution in [2.24, 2.45) is 29.6 Å². The quantitative estimate of drug-likeness (QED) is 0.463. The molecule has 0 heterocycles. The Morgan fingerprint density at radius 3 is 2.00 bits per heavy atom. The Hall–Kier alpha value is 0.434. The van der Waals surface area contributed by atoms with Gasteiger partial charge in [0.05, 0.1) is 0 Å². The van der Waals surface area contributed by atoms with Crippen molar-refractivity contribution in [2.75, 3.05) is 0 Å². The van der Waals surface area contributed by atoms with Crippen LogP contribution >= 0.6 is 0 Å². The molecule has 0 aromatic rings. The third kappa shape index (κ3) is 2.73. The number of fused-ring (bicyclic) bond motifs is 2. The van der Waals surface area contributed by atoms with E-state index in [-0.39, 0.29) is 0 Å². The first-order chi connectivity index (χ1) is 11.3. The molecule has 4 saturated carbocycles. The van der Waals surface area contributed by atoms with Crippen LogP contribution in [0, 0.1) is 29.6 Å². The monoisotopic (exact) mass is 362 g/mol. The second-order valence-electron chi connectivity index (χ2n) is 11.6. The third-order valence-electron chi connectivity index (χ3n) is 10.3. The minimum atomic E-state index is -1.11. The number of hydrogen-bond donors (Lipinski definition) is 0. The summed E-state index contributed by atoms with van der Waals surface area (Å²) >= 11 is 0. The molecule has 0 nitrogen and oxygen atoms in total. The lowest BCUT2D eigenvalue weighted by Crippen LogP contribution is -2.61. The van der Waals surface area contributed by atoms with E-state index in [1.54, 1.807) is 57.8 Å². The van der Waals surface area contributed by atoms with E-state index >= 15 is 0 Å². The summed E-state index contributed by atoms with van der Waals surface area (Å²) < 4.78 is 0. The zero-order chi connectivity index (χ0) is 17.1. The molecule has 4 aliphatic rings. The summed E-state index contributed by atoms with van der Waals surface area (Å²) in [4.78, 5) is 0. The maximum atomic E-state index is 2.87. The van der Waals surface area contributed by atoms with Gasteiger partial charge in [0.1, 0.15) is 0 Å². The van der Waals surface area contributed by atoms with Crippen molar-refractivity contribution >= 4 is 15.2 Å². The SMILES string of the molecule is CC1CCC([Si](C)(C)[Si](C)(C)C2CCC3CC4CCCC4CC32)C1. The van der Waals surface area contributed by atoms with E-state index in [0.717, 1.165) is 35.1 Å². The largest absolute Gasteiger partial charge is 0.0711 e. The highest BCUT2D eigenvalue weighted by molar-refractivity contribution is 7.41. The fourth-order valence-corrected chi connectivity index (χ4v) is 22.2. The Morgan fingerprint density at radius 1 is 0.625 bits per heavy atom. The van der Waals surface area contributed by atoms with Crippen molar-refractivity contribution in [1.29, 1.82) is 0 Å². The van der Waals surface area contributed by atoms with Gasteiger partial charge < -0.3 is 0 Å². The molecule has 138 valence electrons. The fourth-order valence-electron chi connectivity index (χ4n) is 8.03. The minimum Gasteiger partial charge on any atom is -0.0711 e. The summed E-state index contributed by atoms with van der Waals surface area (Å²) in [5, 5.41) is 0. The Morgan fingerprint density at radius 2 is 1.33 bits per heavy atom. The smallest absolute Gasteiger partial charge is 0.0448 e. The van der Waals surface area contributed by atoms with Gasteiger partial charge in [-0.05, 0) is 53.5 Å². The predicted octanol–water partition coefficient (Wildman–Crippen LogP) is 7.28. The summed E-state index contributed by atoms with van der Waals surface area (Å²) in [7, 11) is -2.18. The molecule has 4 aliphatic carbocycles. The molecule has 0 amide bonds. The predicted molar refractivity (Wildman–Crippen MR) is 112 cm³/mol. The van der Waals surface area contributed by atoms with Gasteiger partial charge in [-0.1, -0.05) is 84.5 Å².